The van der Waals surface area contributed by atoms with Crippen molar-refractivity contribution in [3.8, 4) is 11.5 Å². The van der Waals surface area contributed by atoms with E-state index in [-0.39, 0.29) is 11.6 Å². The first-order chi connectivity index (χ1) is 12.5. The molecular weight excluding hydrogens is 330 g/mol. The van der Waals surface area contributed by atoms with Gasteiger partial charge in [0.05, 0.1) is 14.2 Å². The number of rotatable bonds is 5. The van der Waals surface area contributed by atoms with Gasteiger partial charge in [-0.15, -0.1) is 0 Å². The van der Waals surface area contributed by atoms with E-state index in [0.717, 1.165) is 5.56 Å². The number of cyclic esters (lactones) is 1. The van der Waals surface area contributed by atoms with Gasteiger partial charge in [0, 0.05) is 11.6 Å². The fourth-order valence-corrected chi connectivity index (χ4v) is 2.60. The van der Waals surface area contributed by atoms with E-state index in [9.17, 15) is 4.79 Å². The van der Waals surface area contributed by atoms with Gasteiger partial charge in [-0.1, -0.05) is 38.1 Å². The Labute approximate surface area is 152 Å². The van der Waals surface area contributed by atoms with E-state index in [0.29, 0.717) is 23.0 Å². The number of aliphatic imine (C=N–C) groups is 1. The highest BCUT2D eigenvalue weighted by Gasteiger charge is 2.25. The van der Waals surface area contributed by atoms with E-state index in [1.807, 2.05) is 12.1 Å². The Morgan fingerprint density at radius 1 is 1.00 bits per heavy atom. The Hall–Kier alpha value is -3.08. The molecule has 0 saturated carbocycles. The van der Waals surface area contributed by atoms with Crippen LogP contribution in [0.1, 0.15) is 36.5 Å². The molecule has 1 aliphatic rings. The molecule has 3 rings (SSSR count). The molecular formula is C21H21NO4. The summed E-state index contributed by atoms with van der Waals surface area (Å²) in [7, 11) is 3.13. The molecule has 0 spiro atoms. The first-order valence-electron chi connectivity index (χ1n) is 8.36. The highest BCUT2D eigenvalue weighted by molar-refractivity contribution is 6.13. The van der Waals surface area contributed by atoms with Crippen LogP contribution in [0.25, 0.3) is 6.08 Å². The Bertz CT molecular complexity index is 857. The van der Waals surface area contributed by atoms with Crippen molar-refractivity contribution in [1.29, 1.82) is 0 Å². The quantitative estimate of drug-likeness (QED) is 0.599. The number of nitrogens with zero attached hydrogens (tertiary/aromatic N) is 1. The third kappa shape index (κ3) is 3.77. The number of ether oxygens (including phenoxy) is 3. The molecule has 0 bridgehead atoms. The van der Waals surface area contributed by atoms with E-state index in [1.54, 1.807) is 38.5 Å². The predicted molar refractivity (Wildman–Crippen MR) is 101 cm³/mol. The van der Waals surface area contributed by atoms with E-state index in [4.69, 9.17) is 14.2 Å². The summed E-state index contributed by atoms with van der Waals surface area (Å²) >= 11 is 0. The molecule has 2 aromatic carbocycles. The second-order valence-electron chi connectivity index (χ2n) is 6.26. The summed E-state index contributed by atoms with van der Waals surface area (Å²) < 4.78 is 15.8. The van der Waals surface area contributed by atoms with Crippen LogP contribution in [-0.2, 0) is 9.53 Å². The molecule has 5 heteroatoms. The first-order valence-corrected chi connectivity index (χ1v) is 8.36. The lowest BCUT2D eigenvalue weighted by atomic mass is 10.0. The summed E-state index contributed by atoms with van der Waals surface area (Å²) in [5.74, 6) is 1.41. The highest BCUT2D eigenvalue weighted by atomic mass is 16.6. The highest BCUT2D eigenvalue weighted by Crippen LogP contribution is 2.26. The van der Waals surface area contributed by atoms with E-state index < -0.39 is 5.97 Å². The fourth-order valence-electron chi connectivity index (χ4n) is 2.60. The predicted octanol–water partition coefficient (Wildman–Crippen LogP) is 4.17. The van der Waals surface area contributed by atoms with Crippen LogP contribution in [0.4, 0.5) is 0 Å². The minimum absolute atomic E-state index is 0.234. The van der Waals surface area contributed by atoms with Gasteiger partial charge in [-0.05, 0) is 35.3 Å². The molecule has 1 aliphatic heterocycles. The van der Waals surface area contributed by atoms with Crippen LogP contribution in [0.5, 0.6) is 11.5 Å². The Morgan fingerprint density at radius 2 is 1.62 bits per heavy atom. The average molecular weight is 351 g/mol. The summed E-state index contributed by atoms with van der Waals surface area (Å²) in [6.45, 7) is 4.28. The van der Waals surface area contributed by atoms with E-state index >= 15 is 0 Å². The monoisotopic (exact) mass is 351 g/mol. The lowest BCUT2D eigenvalue weighted by Crippen LogP contribution is -2.06. The van der Waals surface area contributed by atoms with Crippen molar-refractivity contribution in [2.45, 2.75) is 19.8 Å². The van der Waals surface area contributed by atoms with E-state index in [1.165, 1.54) is 5.56 Å². The maximum Gasteiger partial charge on any atom is 0.363 e. The van der Waals surface area contributed by atoms with Crippen molar-refractivity contribution in [2.24, 2.45) is 4.99 Å². The second kappa shape index (κ2) is 7.44. The number of carbonyl (C=O) groups is 1. The third-order valence-corrected chi connectivity index (χ3v) is 4.13. The van der Waals surface area contributed by atoms with E-state index in [2.05, 4.69) is 31.0 Å². The summed E-state index contributed by atoms with van der Waals surface area (Å²) in [6.07, 6.45) is 1.72. The van der Waals surface area contributed by atoms with Crippen LogP contribution in [0, 0.1) is 0 Å². The lowest BCUT2D eigenvalue weighted by Gasteiger charge is -2.07. The zero-order chi connectivity index (χ0) is 18.7. The number of methoxy groups -OCH3 is 2. The maximum absolute atomic E-state index is 12.2. The molecule has 0 saturated heterocycles. The zero-order valence-electron chi connectivity index (χ0n) is 15.3. The van der Waals surface area contributed by atoms with Gasteiger partial charge >= 0.3 is 5.97 Å². The topological polar surface area (TPSA) is 57.1 Å². The van der Waals surface area contributed by atoms with Gasteiger partial charge in [0.15, 0.2) is 5.70 Å². The molecule has 2 aromatic rings. The number of carbonyl (C=O) groups excluding carboxylic acids is 1. The Morgan fingerprint density at radius 3 is 2.15 bits per heavy atom. The van der Waals surface area contributed by atoms with Gasteiger partial charge in [0.25, 0.3) is 0 Å². The van der Waals surface area contributed by atoms with Crippen LogP contribution in [0.15, 0.2) is 53.2 Å². The van der Waals surface area contributed by atoms with Crippen LogP contribution in [0.3, 0.4) is 0 Å². The SMILES string of the molecule is COc1cc(OC)cc(C2=N/C(=C\c3ccc(C(C)C)cc3)C(=O)O2)c1. The van der Waals surface area contributed by atoms with Gasteiger partial charge in [0.1, 0.15) is 11.5 Å². The molecule has 5 nitrogen and oxygen atoms in total. The largest absolute Gasteiger partial charge is 0.497 e. The van der Waals surface area contributed by atoms with Crippen LogP contribution in [0.2, 0.25) is 0 Å². The van der Waals surface area contributed by atoms with Crippen molar-refractivity contribution in [2.75, 3.05) is 14.2 Å². The average Bonchev–Trinajstić information content (AvgIpc) is 3.02. The molecule has 0 fully saturated rings. The minimum atomic E-state index is -0.477. The number of hydrogen-bond donors (Lipinski definition) is 0. The normalized spacial score (nSPS) is 15.2. The van der Waals surface area contributed by atoms with Gasteiger partial charge in [-0.2, -0.15) is 0 Å². The lowest BCUT2D eigenvalue weighted by molar-refractivity contribution is -0.129. The Kier molecular flexibility index (Phi) is 5.07. The molecule has 0 atom stereocenters. The smallest absolute Gasteiger partial charge is 0.363 e. The molecule has 0 N–H and O–H groups in total. The van der Waals surface area contributed by atoms with Crippen molar-refractivity contribution >= 4 is 17.9 Å². The Balaban J connectivity index is 1.91. The summed E-state index contributed by atoms with van der Waals surface area (Å²) in [5.41, 5.74) is 3.02. The number of hydrogen-bond acceptors (Lipinski definition) is 5. The van der Waals surface area contributed by atoms with Gasteiger partial charge in [-0.25, -0.2) is 9.79 Å². The number of benzene rings is 2. The molecule has 0 unspecified atom stereocenters. The van der Waals surface area contributed by atoms with Crippen LogP contribution < -0.4 is 9.47 Å². The van der Waals surface area contributed by atoms with Crippen LogP contribution in [-0.4, -0.2) is 26.1 Å². The molecule has 134 valence electrons. The first kappa shape index (κ1) is 17.7. The molecule has 0 aliphatic carbocycles. The van der Waals surface area contributed by atoms with Crippen molar-refractivity contribution in [3.63, 3.8) is 0 Å². The fraction of sp³-hybridized carbons (Fsp3) is 0.238. The van der Waals surface area contributed by atoms with Gasteiger partial charge < -0.3 is 14.2 Å². The molecule has 1 heterocycles. The molecule has 0 radical (unpaired) electrons. The molecule has 0 aromatic heterocycles. The van der Waals surface area contributed by atoms with Crippen molar-refractivity contribution in [1.82, 2.24) is 0 Å². The molecule has 0 amide bonds. The maximum atomic E-state index is 12.2. The van der Waals surface area contributed by atoms with Crippen LogP contribution >= 0.6 is 0 Å². The van der Waals surface area contributed by atoms with Gasteiger partial charge in [0.2, 0.25) is 5.90 Å². The van der Waals surface area contributed by atoms with Crippen molar-refractivity contribution in [3.05, 3.63) is 64.9 Å². The standard InChI is InChI=1S/C21H21NO4/c1-13(2)15-7-5-14(6-8-15)9-19-21(23)26-20(22-19)16-10-17(24-3)12-18(11-16)25-4/h5-13H,1-4H3/b19-9-. The van der Waals surface area contributed by atoms with Gasteiger partial charge in [-0.3, -0.25) is 0 Å². The summed E-state index contributed by atoms with van der Waals surface area (Å²) in [4.78, 5) is 16.5. The summed E-state index contributed by atoms with van der Waals surface area (Å²) in [5, 5.41) is 0. The second-order valence-corrected chi connectivity index (χ2v) is 6.26. The zero-order valence-corrected chi connectivity index (χ0v) is 15.3. The molecule has 26 heavy (non-hydrogen) atoms. The summed E-state index contributed by atoms with van der Waals surface area (Å²) in [6, 6.07) is 13.3. The number of esters is 1. The third-order valence-electron chi connectivity index (χ3n) is 4.13. The van der Waals surface area contributed by atoms with Crippen molar-refractivity contribution < 1.29 is 19.0 Å². The minimum Gasteiger partial charge on any atom is -0.497 e.